The molecule has 2 heterocycles. The van der Waals surface area contributed by atoms with Gasteiger partial charge in [-0.2, -0.15) is 0 Å². The van der Waals surface area contributed by atoms with Gasteiger partial charge < -0.3 is 9.64 Å². The van der Waals surface area contributed by atoms with Gasteiger partial charge in [0.15, 0.2) is 0 Å². The number of aromatic nitrogens is 1. The summed E-state index contributed by atoms with van der Waals surface area (Å²) in [5.74, 6) is 1.06. The van der Waals surface area contributed by atoms with Crippen LogP contribution in [0.15, 0.2) is 36.4 Å². The first kappa shape index (κ1) is 16.5. The predicted molar refractivity (Wildman–Crippen MR) is 94.9 cm³/mol. The molecule has 1 saturated heterocycles. The van der Waals surface area contributed by atoms with Crippen LogP contribution in [0.25, 0.3) is 11.1 Å². The quantitative estimate of drug-likeness (QED) is 0.849. The van der Waals surface area contributed by atoms with Crippen molar-refractivity contribution in [2.45, 2.75) is 39.2 Å². The number of nitrogens with zero attached hydrogens (tertiary/aromatic N) is 2. The fourth-order valence-corrected chi connectivity index (χ4v) is 3.39. The second kappa shape index (κ2) is 7.04. The van der Waals surface area contributed by atoms with E-state index in [1.165, 1.54) is 0 Å². The molecule has 1 aromatic heterocycles. The molecule has 1 unspecified atom stereocenters. The van der Waals surface area contributed by atoms with Crippen LogP contribution in [0.4, 0.5) is 0 Å². The standard InChI is InChI=1S/C20H24N2O2/c1-4-20(23)22-11-5-6-19(22)18-13-16(12-14(2)21-18)15-7-9-17(24-3)10-8-15/h7-10,12-13,19H,4-6,11H2,1-3H3. The van der Waals surface area contributed by atoms with Crippen molar-refractivity contribution in [2.24, 2.45) is 0 Å². The summed E-state index contributed by atoms with van der Waals surface area (Å²) in [4.78, 5) is 18.9. The van der Waals surface area contributed by atoms with Crippen LogP contribution in [0.3, 0.4) is 0 Å². The third-order valence-electron chi connectivity index (χ3n) is 4.61. The van der Waals surface area contributed by atoms with Crippen molar-refractivity contribution >= 4 is 5.91 Å². The minimum absolute atomic E-state index is 0.106. The Labute approximate surface area is 143 Å². The van der Waals surface area contributed by atoms with Crippen LogP contribution in [0, 0.1) is 6.92 Å². The Kier molecular flexibility index (Phi) is 4.84. The van der Waals surface area contributed by atoms with Crippen molar-refractivity contribution in [3.8, 4) is 16.9 Å². The number of carbonyl (C=O) groups excluding carboxylic acids is 1. The molecule has 0 aliphatic carbocycles. The summed E-state index contributed by atoms with van der Waals surface area (Å²) in [7, 11) is 1.67. The Balaban J connectivity index is 1.95. The summed E-state index contributed by atoms with van der Waals surface area (Å²) in [5, 5.41) is 0. The van der Waals surface area contributed by atoms with Gasteiger partial charge >= 0.3 is 0 Å². The van der Waals surface area contributed by atoms with Crippen molar-refractivity contribution in [3.63, 3.8) is 0 Å². The highest BCUT2D eigenvalue weighted by molar-refractivity contribution is 5.76. The Morgan fingerprint density at radius 2 is 2.00 bits per heavy atom. The lowest BCUT2D eigenvalue weighted by Gasteiger charge is -2.24. The maximum absolute atomic E-state index is 12.2. The van der Waals surface area contributed by atoms with E-state index < -0.39 is 0 Å². The fraction of sp³-hybridized carbons (Fsp3) is 0.400. The number of hydrogen-bond acceptors (Lipinski definition) is 3. The molecule has 4 heteroatoms. The number of rotatable bonds is 4. The molecule has 1 aliphatic heterocycles. The van der Waals surface area contributed by atoms with E-state index in [0.29, 0.717) is 6.42 Å². The molecule has 0 saturated carbocycles. The van der Waals surface area contributed by atoms with E-state index >= 15 is 0 Å². The second-order valence-corrected chi connectivity index (χ2v) is 6.25. The number of aryl methyl sites for hydroxylation is 1. The van der Waals surface area contributed by atoms with E-state index in [4.69, 9.17) is 9.72 Å². The Hall–Kier alpha value is -2.36. The maximum Gasteiger partial charge on any atom is 0.222 e. The third-order valence-corrected chi connectivity index (χ3v) is 4.61. The molecule has 24 heavy (non-hydrogen) atoms. The largest absolute Gasteiger partial charge is 0.497 e. The summed E-state index contributed by atoms with van der Waals surface area (Å²) in [6.07, 6.45) is 2.59. The number of ether oxygens (including phenoxy) is 1. The van der Waals surface area contributed by atoms with Crippen LogP contribution < -0.4 is 4.74 Å². The SMILES string of the molecule is CCC(=O)N1CCCC1c1cc(-c2ccc(OC)cc2)cc(C)n1. The first-order valence-electron chi connectivity index (χ1n) is 8.55. The fourth-order valence-electron chi connectivity index (χ4n) is 3.39. The third kappa shape index (κ3) is 3.28. The van der Waals surface area contributed by atoms with Gasteiger partial charge in [0.2, 0.25) is 5.91 Å². The van der Waals surface area contributed by atoms with Gasteiger partial charge in [-0.05, 0) is 55.2 Å². The van der Waals surface area contributed by atoms with Crippen LogP contribution in [-0.4, -0.2) is 29.4 Å². The van der Waals surface area contributed by atoms with Gasteiger partial charge in [0, 0.05) is 18.7 Å². The lowest BCUT2D eigenvalue weighted by Crippen LogP contribution is -2.30. The van der Waals surface area contributed by atoms with Crippen molar-refractivity contribution < 1.29 is 9.53 Å². The molecule has 126 valence electrons. The Morgan fingerprint density at radius 3 is 2.67 bits per heavy atom. The normalized spacial score (nSPS) is 17.1. The molecule has 3 rings (SSSR count). The van der Waals surface area contributed by atoms with E-state index in [2.05, 4.69) is 24.3 Å². The van der Waals surface area contributed by atoms with Gasteiger partial charge in [-0.25, -0.2) is 0 Å². The average molecular weight is 324 g/mol. The van der Waals surface area contributed by atoms with E-state index in [1.54, 1.807) is 7.11 Å². The molecule has 1 aliphatic rings. The predicted octanol–water partition coefficient (Wildman–Crippen LogP) is 4.14. The summed E-state index contributed by atoms with van der Waals surface area (Å²) in [6.45, 7) is 4.77. The summed E-state index contributed by atoms with van der Waals surface area (Å²) in [5.41, 5.74) is 4.25. The highest BCUT2D eigenvalue weighted by atomic mass is 16.5. The summed E-state index contributed by atoms with van der Waals surface area (Å²) < 4.78 is 5.23. The Morgan fingerprint density at radius 1 is 1.25 bits per heavy atom. The van der Waals surface area contributed by atoms with Gasteiger partial charge in [-0.15, -0.1) is 0 Å². The van der Waals surface area contributed by atoms with Crippen LogP contribution >= 0.6 is 0 Å². The van der Waals surface area contributed by atoms with E-state index in [0.717, 1.165) is 47.7 Å². The molecule has 1 atom stereocenters. The van der Waals surface area contributed by atoms with Crippen LogP contribution in [0.1, 0.15) is 43.6 Å². The smallest absolute Gasteiger partial charge is 0.222 e. The molecule has 1 aromatic carbocycles. The van der Waals surface area contributed by atoms with Crippen molar-refractivity contribution in [1.29, 1.82) is 0 Å². The number of amides is 1. The average Bonchev–Trinajstić information content (AvgIpc) is 3.10. The molecule has 0 bridgehead atoms. The zero-order chi connectivity index (χ0) is 17.1. The zero-order valence-electron chi connectivity index (χ0n) is 14.6. The lowest BCUT2D eigenvalue weighted by molar-refractivity contribution is -0.131. The molecule has 0 radical (unpaired) electrons. The van der Waals surface area contributed by atoms with E-state index in [-0.39, 0.29) is 11.9 Å². The summed E-state index contributed by atoms with van der Waals surface area (Å²) >= 11 is 0. The molecule has 1 fully saturated rings. The molecule has 4 nitrogen and oxygen atoms in total. The highest BCUT2D eigenvalue weighted by Crippen LogP contribution is 2.34. The number of carbonyl (C=O) groups is 1. The zero-order valence-corrected chi connectivity index (χ0v) is 14.6. The minimum atomic E-state index is 0.106. The number of benzene rings is 1. The number of methoxy groups -OCH3 is 1. The van der Waals surface area contributed by atoms with Crippen molar-refractivity contribution in [3.05, 3.63) is 47.8 Å². The van der Waals surface area contributed by atoms with Gasteiger partial charge in [0.05, 0.1) is 18.8 Å². The highest BCUT2D eigenvalue weighted by Gasteiger charge is 2.30. The van der Waals surface area contributed by atoms with Crippen molar-refractivity contribution in [2.75, 3.05) is 13.7 Å². The second-order valence-electron chi connectivity index (χ2n) is 6.25. The number of hydrogen-bond donors (Lipinski definition) is 0. The van der Waals surface area contributed by atoms with E-state index in [9.17, 15) is 4.79 Å². The topological polar surface area (TPSA) is 42.4 Å². The summed E-state index contributed by atoms with van der Waals surface area (Å²) in [6, 6.07) is 12.4. The van der Waals surface area contributed by atoms with Crippen LogP contribution in [0.5, 0.6) is 5.75 Å². The minimum Gasteiger partial charge on any atom is -0.497 e. The van der Waals surface area contributed by atoms with E-state index in [1.807, 2.05) is 30.9 Å². The maximum atomic E-state index is 12.2. The first-order chi connectivity index (χ1) is 11.6. The van der Waals surface area contributed by atoms with Crippen LogP contribution in [0.2, 0.25) is 0 Å². The van der Waals surface area contributed by atoms with Crippen LogP contribution in [-0.2, 0) is 4.79 Å². The molecule has 0 N–H and O–H groups in total. The lowest BCUT2D eigenvalue weighted by atomic mass is 10.0. The molecule has 2 aromatic rings. The molecular weight excluding hydrogens is 300 g/mol. The molecular formula is C20H24N2O2. The molecule has 1 amide bonds. The Bertz CT molecular complexity index is 725. The number of likely N-dealkylation sites (tertiary alicyclic amines) is 1. The van der Waals surface area contributed by atoms with Crippen molar-refractivity contribution in [1.82, 2.24) is 9.88 Å². The first-order valence-corrected chi connectivity index (χ1v) is 8.55. The van der Waals surface area contributed by atoms with Gasteiger partial charge in [0.25, 0.3) is 0 Å². The number of pyridine rings is 1. The van der Waals surface area contributed by atoms with Gasteiger partial charge in [-0.1, -0.05) is 19.1 Å². The molecule has 0 spiro atoms. The van der Waals surface area contributed by atoms with Gasteiger partial charge in [-0.3, -0.25) is 9.78 Å². The monoisotopic (exact) mass is 324 g/mol. The van der Waals surface area contributed by atoms with Gasteiger partial charge in [0.1, 0.15) is 5.75 Å².